The molecule has 2 aromatic rings. The fraction of sp³-hybridized carbons (Fsp3) is 0.300. The summed E-state index contributed by atoms with van der Waals surface area (Å²) < 4.78 is 5.16. The zero-order valence-electron chi connectivity index (χ0n) is 16.1. The van der Waals surface area contributed by atoms with Gasteiger partial charge in [0.05, 0.1) is 16.3 Å². The van der Waals surface area contributed by atoms with Gasteiger partial charge in [0.1, 0.15) is 6.07 Å². The van der Waals surface area contributed by atoms with E-state index in [1.807, 2.05) is 38.1 Å². The number of benzene rings is 1. The molecule has 0 saturated heterocycles. The van der Waals surface area contributed by atoms with Gasteiger partial charge in [-0.25, -0.2) is 0 Å². The van der Waals surface area contributed by atoms with Gasteiger partial charge in [-0.05, 0) is 50.5 Å². The molecule has 1 aromatic heterocycles. The zero-order chi connectivity index (χ0) is 20.8. The molecule has 28 heavy (non-hydrogen) atoms. The Hall–Kier alpha value is -3.05. The number of aromatic amines is 1. The van der Waals surface area contributed by atoms with Crippen molar-refractivity contribution in [3.63, 3.8) is 0 Å². The van der Waals surface area contributed by atoms with Crippen molar-refractivity contribution in [2.45, 2.75) is 38.8 Å². The first-order valence-electron chi connectivity index (χ1n) is 8.55. The highest BCUT2D eigenvalue weighted by atomic mass is 32.2. The molecule has 0 aliphatic rings. The van der Waals surface area contributed by atoms with Crippen LogP contribution in [-0.2, 0) is 14.3 Å². The van der Waals surface area contributed by atoms with Crippen LogP contribution in [0.3, 0.4) is 0 Å². The van der Waals surface area contributed by atoms with Gasteiger partial charge >= 0.3 is 5.97 Å². The molecule has 1 heterocycles. The summed E-state index contributed by atoms with van der Waals surface area (Å²) in [4.78, 5) is 38.5. The molecule has 7 nitrogen and oxygen atoms in total. The zero-order valence-corrected chi connectivity index (χ0v) is 16.9. The van der Waals surface area contributed by atoms with Crippen LogP contribution in [0.15, 0.2) is 34.1 Å². The number of aryl methyl sites for hydroxylation is 3. The highest BCUT2D eigenvalue weighted by Crippen LogP contribution is 2.21. The quantitative estimate of drug-likeness (QED) is 0.571. The minimum absolute atomic E-state index is 0.144. The Labute approximate surface area is 167 Å². The molecule has 0 aliphatic heterocycles. The molecule has 8 heteroatoms. The molecular weight excluding hydrogens is 378 g/mol. The van der Waals surface area contributed by atoms with Crippen LogP contribution in [0.4, 0.5) is 5.69 Å². The maximum atomic E-state index is 12.3. The lowest BCUT2D eigenvalue weighted by atomic mass is 10.1. The van der Waals surface area contributed by atoms with Crippen molar-refractivity contribution in [3.05, 3.63) is 56.9 Å². The first-order chi connectivity index (χ1) is 13.2. The molecule has 0 unspecified atom stereocenters. The monoisotopic (exact) mass is 399 g/mol. The number of thioether (sulfide) groups is 1. The van der Waals surface area contributed by atoms with Gasteiger partial charge < -0.3 is 15.0 Å². The van der Waals surface area contributed by atoms with E-state index in [9.17, 15) is 19.6 Å². The molecule has 0 bridgehead atoms. The molecule has 1 atom stereocenters. The van der Waals surface area contributed by atoms with Crippen molar-refractivity contribution in [2.75, 3.05) is 11.1 Å². The normalized spacial score (nSPS) is 11.4. The van der Waals surface area contributed by atoms with Crippen LogP contribution in [0.1, 0.15) is 29.2 Å². The highest BCUT2D eigenvalue weighted by molar-refractivity contribution is 7.99. The molecule has 146 valence electrons. The molecule has 0 radical (unpaired) electrons. The number of amides is 1. The van der Waals surface area contributed by atoms with Gasteiger partial charge in [0.2, 0.25) is 5.56 Å². The van der Waals surface area contributed by atoms with E-state index in [4.69, 9.17) is 4.74 Å². The van der Waals surface area contributed by atoms with Gasteiger partial charge in [0.25, 0.3) is 5.91 Å². The van der Waals surface area contributed by atoms with E-state index >= 15 is 0 Å². The number of pyridine rings is 1. The van der Waals surface area contributed by atoms with Crippen molar-refractivity contribution in [1.82, 2.24) is 4.98 Å². The van der Waals surface area contributed by atoms with Gasteiger partial charge in [-0.15, -0.1) is 0 Å². The van der Waals surface area contributed by atoms with Gasteiger partial charge in [-0.3, -0.25) is 14.4 Å². The molecular formula is C20H21N3O4S. The molecule has 0 saturated carbocycles. The summed E-state index contributed by atoms with van der Waals surface area (Å²) in [7, 11) is 0. The number of nitrogens with one attached hydrogen (secondary N) is 2. The van der Waals surface area contributed by atoms with Gasteiger partial charge in [-0.1, -0.05) is 23.9 Å². The minimum Gasteiger partial charge on any atom is -0.452 e. The van der Waals surface area contributed by atoms with E-state index in [1.165, 1.54) is 13.0 Å². The molecule has 0 aliphatic carbocycles. The summed E-state index contributed by atoms with van der Waals surface area (Å²) >= 11 is 0.986. The number of nitrogens with zero attached hydrogens (tertiary/aromatic N) is 1. The average Bonchev–Trinajstić information content (AvgIpc) is 2.62. The number of carbonyl (C=O) groups is 2. The van der Waals surface area contributed by atoms with Crippen molar-refractivity contribution in [3.8, 4) is 6.07 Å². The number of nitriles is 1. The van der Waals surface area contributed by atoms with E-state index in [0.717, 1.165) is 22.9 Å². The first kappa shape index (κ1) is 21.3. The van der Waals surface area contributed by atoms with Crippen LogP contribution < -0.4 is 10.9 Å². The Kier molecular flexibility index (Phi) is 7.01. The Bertz CT molecular complexity index is 1010. The summed E-state index contributed by atoms with van der Waals surface area (Å²) in [5.41, 5.74) is 3.05. The van der Waals surface area contributed by atoms with Crippen LogP contribution in [0.2, 0.25) is 0 Å². The Morgan fingerprint density at radius 1 is 1.25 bits per heavy atom. The molecule has 0 fully saturated rings. The average molecular weight is 399 g/mol. The van der Waals surface area contributed by atoms with E-state index in [1.54, 1.807) is 6.92 Å². The van der Waals surface area contributed by atoms with Crippen molar-refractivity contribution >= 4 is 29.3 Å². The fourth-order valence-electron chi connectivity index (χ4n) is 2.43. The van der Waals surface area contributed by atoms with Crippen molar-refractivity contribution < 1.29 is 14.3 Å². The largest absolute Gasteiger partial charge is 0.452 e. The second kappa shape index (κ2) is 9.24. The number of anilines is 1. The number of aromatic nitrogens is 1. The first-order valence-corrected chi connectivity index (χ1v) is 9.54. The molecule has 1 amide bonds. The molecule has 0 spiro atoms. The van der Waals surface area contributed by atoms with Crippen LogP contribution in [0, 0.1) is 32.1 Å². The number of carbonyl (C=O) groups excluding carboxylic acids is 2. The van der Waals surface area contributed by atoms with E-state index in [-0.39, 0.29) is 11.3 Å². The van der Waals surface area contributed by atoms with Crippen LogP contribution in [0.5, 0.6) is 0 Å². The number of rotatable bonds is 6. The summed E-state index contributed by atoms with van der Waals surface area (Å²) in [6.07, 6.45) is -0.986. The second-order valence-electron chi connectivity index (χ2n) is 6.36. The smallest absolute Gasteiger partial charge is 0.317 e. The van der Waals surface area contributed by atoms with Crippen molar-refractivity contribution in [1.29, 1.82) is 5.26 Å². The lowest BCUT2D eigenvalue weighted by Gasteiger charge is -2.15. The highest BCUT2D eigenvalue weighted by Gasteiger charge is 2.19. The topological polar surface area (TPSA) is 112 Å². The third-order valence-corrected chi connectivity index (χ3v) is 4.96. The Morgan fingerprint density at radius 3 is 2.64 bits per heavy atom. The summed E-state index contributed by atoms with van der Waals surface area (Å²) in [6.45, 7) is 6.92. The molecule has 2 N–H and O–H groups in total. The van der Waals surface area contributed by atoms with Crippen LogP contribution >= 0.6 is 11.8 Å². The van der Waals surface area contributed by atoms with Gasteiger partial charge in [0.15, 0.2) is 6.10 Å². The Morgan fingerprint density at radius 2 is 1.96 bits per heavy atom. The van der Waals surface area contributed by atoms with Crippen LogP contribution in [0.25, 0.3) is 0 Å². The molecule has 1 aromatic carbocycles. The van der Waals surface area contributed by atoms with Crippen molar-refractivity contribution in [2.24, 2.45) is 0 Å². The van der Waals surface area contributed by atoms with Crippen LogP contribution in [-0.4, -0.2) is 28.7 Å². The standard InChI is InChI=1S/C20H21N3O4S/c1-11-5-6-12(2)16(7-11)22-19(26)14(4)27-18(25)10-28-20-15(9-21)13(3)8-17(24)23-20/h5-8,14H,10H2,1-4H3,(H,22,26)(H,23,24)/t14-/m0/s1. The SMILES string of the molecule is Cc1ccc(C)c(NC(=O)[C@H](C)OC(=O)CSc2[nH]c(=O)cc(C)c2C#N)c1. The van der Waals surface area contributed by atoms with E-state index in [0.29, 0.717) is 21.8 Å². The molecule has 2 rings (SSSR count). The Balaban J connectivity index is 1.96. The van der Waals surface area contributed by atoms with E-state index < -0.39 is 18.0 Å². The summed E-state index contributed by atoms with van der Waals surface area (Å²) in [6, 6.07) is 9.00. The predicted octanol–water partition coefficient (Wildman–Crippen LogP) is 2.83. The minimum atomic E-state index is -0.986. The number of H-pyrrole nitrogens is 1. The summed E-state index contributed by atoms with van der Waals surface area (Å²) in [5.74, 6) is -1.21. The lowest BCUT2D eigenvalue weighted by molar-refractivity contribution is -0.150. The maximum Gasteiger partial charge on any atom is 0.317 e. The maximum absolute atomic E-state index is 12.3. The van der Waals surface area contributed by atoms with Gasteiger partial charge in [-0.2, -0.15) is 5.26 Å². The number of ether oxygens (including phenoxy) is 1. The number of hydrogen-bond donors (Lipinski definition) is 2. The third kappa shape index (κ3) is 5.47. The predicted molar refractivity (Wildman–Crippen MR) is 107 cm³/mol. The summed E-state index contributed by atoms with van der Waals surface area (Å²) in [5, 5.41) is 12.3. The third-order valence-electron chi connectivity index (χ3n) is 3.98. The van der Waals surface area contributed by atoms with Gasteiger partial charge in [0, 0.05) is 11.8 Å². The lowest BCUT2D eigenvalue weighted by Crippen LogP contribution is -2.30. The number of hydrogen-bond acceptors (Lipinski definition) is 6. The van der Waals surface area contributed by atoms with E-state index in [2.05, 4.69) is 10.3 Å². The second-order valence-corrected chi connectivity index (χ2v) is 7.35. The fourth-order valence-corrected chi connectivity index (χ4v) is 3.28. The number of esters is 1.